The van der Waals surface area contributed by atoms with Gasteiger partial charge in [0, 0.05) is 6.42 Å². The van der Waals surface area contributed by atoms with Crippen LogP contribution in [0.5, 0.6) is 0 Å². The summed E-state index contributed by atoms with van der Waals surface area (Å²) in [5.41, 5.74) is -1.86. The summed E-state index contributed by atoms with van der Waals surface area (Å²) < 4.78 is 36.6. The Morgan fingerprint density at radius 2 is 1.61 bits per heavy atom. The molecule has 0 spiro atoms. The molecule has 18 heavy (non-hydrogen) atoms. The number of carboxylic acids is 2. The predicted octanol–water partition coefficient (Wildman–Crippen LogP) is 2.92. The molecule has 0 aromatic rings. The van der Waals surface area contributed by atoms with Crippen LogP contribution in [0, 0.1) is 11.3 Å². The number of rotatable bonds is 7. The molecule has 0 aromatic carbocycles. The van der Waals surface area contributed by atoms with Gasteiger partial charge in [0.05, 0.1) is 11.3 Å². The van der Waals surface area contributed by atoms with E-state index in [-0.39, 0.29) is 12.8 Å². The molecular formula is C11H17F3O4. The summed E-state index contributed by atoms with van der Waals surface area (Å²) in [5.74, 6) is -4.17. The standard InChI is InChI=1S/C11H17F3O4/c1-3-7(8(15)16)10(4-2,9(17)18)5-6-11(12,13)14/h7H,3-6H2,1-2H3,(H,15,16)(H,17,18). The van der Waals surface area contributed by atoms with Gasteiger partial charge in [-0.2, -0.15) is 13.2 Å². The minimum atomic E-state index is -4.49. The van der Waals surface area contributed by atoms with E-state index in [1.807, 2.05) is 0 Å². The van der Waals surface area contributed by atoms with Crippen LogP contribution in [0.4, 0.5) is 13.2 Å². The number of carboxylic acid groups (broad SMARTS) is 2. The second-order valence-electron chi connectivity index (χ2n) is 4.23. The fourth-order valence-electron chi connectivity index (χ4n) is 2.17. The third-order valence-corrected chi connectivity index (χ3v) is 3.28. The van der Waals surface area contributed by atoms with Crippen LogP contribution in [0.15, 0.2) is 0 Å². The lowest BCUT2D eigenvalue weighted by Crippen LogP contribution is -2.42. The summed E-state index contributed by atoms with van der Waals surface area (Å²) in [6.07, 6.45) is -6.67. The van der Waals surface area contributed by atoms with Gasteiger partial charge < -0.3 is 10.2 Å². The third-order valence-electron chi connectivity index (χ3n) is 3.28. The van der Waals surface area contributed by atoms with E-state index in [2.05, 4.69) is 0 Å². The molecule has 0 fully saturated rings. The van der Waals surface area contributed by atoms with Crippen molar-refractivity contribution in [1.29, 1.82) is 0 Å². The maximum absolute atomic E-state index is 12.2. The van der Waals surface area contributed by atoms with Crippen LogP contribution in [0.2, 0.25) is 0 Å². The molecule has 106 valence electrons. The zero-order valence-corrected chi connectivity index (χ0v) is 10.3. The van der Waals surface area contributed by atoms with Crippen LogP contribution in [0.3, 0.4) is 0 Å². The van der Waals surface area contributed by atoms with Crippen molar-refractivity contribution in [1.82, 2.24) is 0 Å². The minimum absolute atomic E-state index is 0.0205. The summed E-state index contributed by atoms with van der Waals surface area (Å²) in [6, 6.07) is 0. The molecule has 0 saturated heterocycles. The van der Waals surface area contributed by atoms with Gasteiger partial charge in [-0.25, -0.2) is 0 Å². The molecule has 0 saturated carbocycles. The monoisotopic (exact) mass is 270 g/mol. The Bertz CT molecular complexity index is 314. The molecule has 0 amide bonds. The highest BCUT2D eigenvalue weighted by Crippen LogP contribution is 2.41. The lowest BCUT2D eigenvalue weighted by Gasteiger charge is -2.33. The number of alkyl halides is 3. The molecule has 0 aliphatic heterocycles. The van der Waals surface area contributed by atoms with Crippen molar-refractivity contribution in [2.24, 2.45) is 11.3 Å². The average molecular weight is 270 g/mol. The van der Waals surface area contributed by atoms with Crippen molar-refractivity contribution in [3.63, 3.8) is 0 Å². The van der Waals surface area contributed by atoms with Crippen LogP contribution in [0.1, 0.15) is 39.5 Å². The second-order valence-corrected chi connectivity index (χ2v) is 4.23. The Kier molecular flexibility index (Phi) is 5.63. The van der Waals surface area contributed by atoms with E-state index < -0.39 is 42.3 Å². The molecule has 0 radical (unpaired) electrons. The molecule has 7 heteroatoms. The molecule has 0 bridgehead atoms. The fraction of sp³-hybridized carbons (Fsp3) is 0.818. The molecule has 2 atom stereocenters. The highest BCUT2D eigenvalue weighted by Gasteiger charge is 2.49. The van der Waals surface area contributed by atoms with Gasteiger partial charge in [0.2, 0.25) is 0 Å². The number of hydrogen-bond acceptors (Lipinski definition) is 2. The molecule has 0 rings (SSSR count). The van der Waals surface area contributed by atoms with Gasteiger partial charge in [0.15, 0.2) is 0 Å². The van der Waals surface area contributed by atoms with Crippen LogP contribution in [0.25, 0.3) is 0 Å². The Labute approximate surface area is 103 Å². The third kappa shape index (κ3) is 3.89. The number of aliphatic carboxylic acids is 2. The quantitative estimate of drug-likeness (QED) is 0.745. The van der Waals surface area contributed by atoms with Crippen LogP contribution in [-0.4, -0.2) is 28.3 Å². The van der Waals surface area contributed by atoms with Crippen molar-refractivity contribution in [2.75, 3.05) is 0 Å². The van der Waals surface area contributed by atoms with Gasteiger partial charge in [-0.3, -0.25) is 9.59 Å². The maximum Gasteiger partial charge on any atom is 0.389 e. The Morgan fingerprint density at radius 1 is 1.11 bits per heavy atom. The van der Waals surface area contributed by atoms with E-state index in [1.165, 1.54) is 13.8 Å². The molecule has 2 N–H and O–H groups in total. The average Bonchev–Trinajstić information content (AvgIpc) is 2.21. The second kappa shape index (κ2) is 6.06. The number of halogens is 3. The van der Waals surface area contributed by atoms with Gasteiger partial charge in [-0.15, -0.1) is 0 Å². The zero-order chi connectivity index (χ0) is 14.6. The first-order valence-electron chi connectivity index (χ1n) is 5.63. The van der Waals surface area contributed by atoms with Crippen molar-refractivity contribution < 1.29 is 33.0 Å². The summed E-state index contributed by atoms with van der Waals surface area (Å²) >= 11 is 0. The first-order chi connectivity index (χ1) is 8.10. The summed E-state index contributed by atoms with van der Waals surface area (Å²) in [6.45, 7) is 2.86. The topological polar surface area (TPSA) is 74.6 Å². The highest BCUT2D eigenvalue weighted by molar-refractivity contribution is 5.83. The lowest BCUT2D eigenvalue weighted by atomic mass is 9.69. The predicted molar refractivity (Wildman–Crippen MR) is 57.1 cm³/mol. The van der Waals surface area contributed by atoms with E-state index in [0.29, 0.717) is 0 Å². The van der Waals surface area contributed by atoms with Gasteiger partial charge in [-0.1, -0.05) is 13.8 Å². The van der Waals surface area contributed by atoms with Gasteiger partial charge in [0.1, 0.15) is 0 Å². The van der Waals surface area contributed by atoms with E-state index in [4.69, 9.17) is 10.2 Å². The number of carbonyl (C=O) groups is 2. The van der Waals surface area contributed by atoms with Crippen LogP contribution in [-0.2, 0) is 9.59 Å². The Morgan fingerprint density at radius 3 is 1.83 bits per heavy atom. The molecule has 0 aliphatic carbocycles. The van der Waals surface area contributed by atoms with Crippen molar-refractivity contribution >= 4 is 11.9 Å². The molecule has 2 unspecified atom stereocenters. The summed E-state index contributed by atoms with van der Waals surface area (Å²) in [5, 5.41) is 18.1. The molecule has 0 aliphatic rings. The van der Waals surface area contributed by atoms with E-state index in [9.17, 15) is 22.8 Å². The first-order valence-corrected chi connectivity index (χ1v) is 5.63. The Hall–Kier alpha value is -1.27. The first kappa shape index (κ1) is 16.7. The SMILES string of the molecule is CCC(C(=O)O)C(CC)(CCC(F)(F)F)C(=O)O. The smallest absolute Gasteiger partial charge is 0.389 e. The van der Waals surface area contributed by atoms with Crippen molar-refractivity contribution in [2.45, 2.75) is 45.7 Å². The van der Waals surface area contributed by atoms with Crippen LogP contribution >= 0.6 is 0 Å². The van der Waals surface area contributed by atoms with Gasteiger partial charge >= 0.3 is 18.1 Å². The highest BCUT2D eigenvalue weighted by atomic mass is 19.4. The normalized spacial score (nSPS) is 16.9. The van der Waals surface area contributed by atoms with Crippen LogP contribution < -0.4 is 0 Å². The molecule has 4 nitrogen and oxygen atoms in total. The lowest BCUT2D eigenvalue weighted by molar-refractivity contribution is -0.171. The maximum atomic E-state index is 12.2. The van der Waals surface area contributed by atoms with E-state index in [1.54, 1.807) is 0 Å². The van der Waals surface area contributed by atoms with E-state index in [0.717, 1.165) is 0 Å². The largest absolute Gasteiger partial charge is 0.481 e. The summed E-state index contributed by atoms with van der Waals surface area (Å²) in [4.78, 5) is 22.3. The van der Waals surface area contributed by atoms with Gasteiger partial charge in [0.25, 0.3) is 0 Å². The molecular weight excluding hydrogens is 253 g/mol. The van der Waals surface area contributed by atoms with Crippen molar-refractivity contribution in [3.05, 3.63) is 0 Å². The zero-order valence-electron chi connectivity index (χ0n) is 10.3. The Balaban J connectivity index is 5.28. The summed E-state index contributed by atoms with van der Waals surface area (Å²) in [7, 11) is 0. The van der Waals surface area contributed by atoms with Crippen molar-refractivity contribution in [3.8, 4) is 0 Å². The number of hydrogen-bond donors (Lipinski definition) is 2. The minimum Gasteiger partial charge on any atom is -0.481 e. The van der Waals surface area contributed by atoms with Gasteiger partial charge in [-0.05, 0) is 19.3 Å². The van der Waals surface area contributed by atoms with E-state index >= 15 is 0 Å². The molecule has 0 aromatic heterocycles. The molecule has 0 heterocycles. The fourth-order valence-corrected chi connectivity index (χ4v) is 2.17.